The Morgan fingerprint density at radius 2 is 2.00 bits per heavy atom. The van der Waals surface area contributed by atoms with E-state index in [1.165, 1.54) is 0 Å². The first kappa shape index (κ1) is 13.1. The van der Waals surface area contributed by atoms with Crippen LogP contribution in [0.5, 0.6) is 0 Å². The summed E-state index contributed by atoms with van der Waals surface area (Å²) in [5.41, 5.74) is 11.4. The van der Waals surface area contributed by atoms with Crippen molar-refractivity contribution in [1.29, 1.82) is 5.41 Å². The average molecular weight is 201 g/mol. The second-order valence-electron chi connectivity index (χ2n) is 3.38. The highest BCUT2D eigenvalue weighted by Crippen LogP contribution is 2.03. The maximum atomic E-state index is 10.4. The molecule has 0 saturated carbocycles. The Labute approximate surface area is 84.0 Å². The Bertz CT molecular complexity index is 206. The van der Waals surface area contributed by atoms with Crippen LogP contribution in [-0.4, -0.2) is 28.9 Å². The highest BCUT2D eigenvalue weighted by Gasteiger charge is 2.12. The van der Waals surface area contributed by atoms with Crippen molar-refractivity contribution in [1.82, 2.24) is 0 Å². The van der Waals surface area contributed by atoms with Gasteiger partial charge in [-0.1, -0.05) is 6.92 Å². The minimum absolute atomic E-state index is 0.198. The third kappa shape index (κ3) is 4.94. The van der Waals surface area contributed by atoms with E-state index >= 15 is 0 Å². The predicted octanol–water partition coefficient (Wildman–Crippen LogP) is 0.326. The smallest absolute Gasteiger partial charge is 0.320 e. The van der Waals surface area contributed by atoms with E-state index in [0.717, 1.165) is 6.42 Å². The van der Waals surface area contributed by atoms with Crippen molar-refractivity contribution in [2.75, 3.05) is 0 Å². The third-order valence-electron chi connectivity index (χ3n) is 2.17. The summed E-state index contributed by atoms with van der Waals surface area (Å²) in [5, 5.41) is 16.0. The topological polar surface area (TPSA) is 113 Å². The summed E-state index contributed by atoms with van der Waals surface area (Å²) in [5.74, 6) is -0.990. The molecule has 2 atom stereocenters. The van der Waals surface area contributed by atoms with E-state index in [-0.39, 0.29) is 6.04 Å². The van der Waals surface area contributed by atoms with E-state index < -0.39 is 12.0 Å². The number of hydrogen-bond acceptors (Lipinski definition) is 4. The standard InChI is InChI=1S/C9H19N3O2/c1-2-6(10)7(11)4-3-5-8(12)9(13)14/h6,8,11H,2-5,10,12H2,1H3,(H,13,14)/t6?,8-/m0/s1. The molecule has 5 nitrogen and oxygen atoms in total. The number of aliphatic carboxylic acids is 1. The molecule has 1 unspecified atom stereocenters. The summed E-state index contributed by atoms with van der Waals surface area (Å²) in [6.45, 7) is 1.92. The Kier molecular flexibility index (Phi) is 6.07. The molecule has 0 aromatic rings. The van der Waals surface area contributed by atoms with Gasteiger partial charge in [0.2, 0.25) is 0 Å². The quantitative estimate of drug-likeness (QED) is 0.444. The summed E-state index contributed by atoms with van der Waals surface area (Å²) in [7, 11) is 0. The van der Waals surface area contributed by atoms with Crippen LogP contribution in [0.1, 0.15) is 32.6 Å². The minimum atomic E-state index is -0.990. The van der Waals surface area contributed by atoms with Gasteiger partial charge in [0, 0.05) is 11.8 Å². The lowest BCUT2D eigenvalue weighted by Crippen LogP contribution is -2.31. The third-order valence-corrected chi connectivity index (χ3v) is 2.17. The maximum absolute atomic E-state index is 10.4. The van der Waals surface area contributed by atoms with E-state index in [9.17, 15) is 4.79 Å². The van der Waals surface area contributed by atoms with Gasteiger partial charge in [0.1, 0.15) is 6.04 Å². The highest BCUT2D eigenvalue weighted by atomic mass is 16.4. The molecule has 5 heteroatoms. The molecule has 0 aromatic carbocycles. The second kappa shape index (κ2) is 6.50. The summed E-state index contributed by atoms with van der Waals surface area (Å²) < 4.78 is 0. The van der Waals surface area contributed by atoms with Crippen molar-refractivity contribution in [2.24, 2.45) is 11.5 Å². The predicted molar refractivity (Wildman–Crippen MR) is 55.5 cm³/mol. The van der Waals surface area contributed by atoms with Gasteiger partial charge in [-0.3, -0.25) is 4.79 Å². The Morgan fingerprint density at radius 3 is 2.43 bits per heavy atom. The van der Waals surface area contributed by atoms with Gasteiger partial charge in [0.25, 0.3) is 0 Å². The number of rotatable bonds is 7. The fraction of sp³-hybridized carbons (Fsp3) is 0.778. The van der Waals surface area contributed by atoms with Crippen LogP contribution in [0.15, 0.2) is 0 Å². The molecule has 82 valence electrons. The van der Waals surface area contributed by atoms with Crippen molar-refractivity contribution in [2.45, 2.75) is 44.7 Å². The van der Waals surface area contributed by atoms with Crippen LogP contribution in [0, 0.1) is 5.41 Å². The highest BCUT2D eigenvalue weighted by molar-refractivity contribution is 5.86. The summed E-state index contributed by atoms with van der Waals surface area (Å²) >= 11 is 0. The number of hydrogen-bond donors (Lipinski definition) is 4. The first-order valence-electron chi connectivity index (χ1n) is 4.80. The number of nitrogens with one attached hydrogen (secondary N) is 1. The van der Waals surface area contributed by atoms with Crippen LogP contribution in [0.4, 0.5) is 0 Å². The van der Waals surface area contributed by atoms with Gasteiger partial charge in [0.15, 0.2) is 0 Å². The molecule has 0 aliphatic rings. The summed E-state index contributed by atoms with van der Waals surface area (Å²) in [4.78, 5) is 10.4. The molecule has 0 spiro atoms. The fourth-order valence-corrected chi connectivity index (χ4v) is 1.07. The number of carboxylic acid groups (broad SMARTS) is 1. The largest absolute Gasteiger partial charge is 0.480 e. The molecule has 0 rings (SSSR count). The average Bonchev–Trinajstić information content (AvgIpc) is 2.15. The maximum Gasteiger partial charge on any atom is 0.320 e. The van der Waals surface area contributed by atoms with Crippen LogP contribution in [0.3, 0.4) is 0 Å². The molecule has 0 saturated heterocycles. The van der Waals surface area contributed by atoms with Crippen molar-refractivity contribution in [3.05, 3.63) is 0 Å². The van der Waals surface area contributed by atoms with Crippen molar-refractivity contribution >= 4 is 11.7 Å². The molecule has 0 aliphatic carbocycles. The zero-order valence-corrected chi connectivity index (χ0v) is 8.49. The van der Waals surface area contributed by atoms with Crippen molar-refractivity contribution in [3.63, 3.8) is 0 Å². The van der Waals surface area contributed by atoms with Crippen LogP contribution < -0.4 is 11.5 Å². The molecule has 0 bridgehead atoms. The fourth-order valence-electron chi connectivity index (χ4n) is 1.07. The Morgan fingerprint density at radius 1 is 1.43 bits per heavy atom. The van der Waals surface area contributed by atoms with Gasteiger partial charge < -0.3 is 22.0 Å². The first-order valence-corrected chi connectivity index (χ1v) is 4.80. The lowest BCUT2D eigenvalue weighted by molar-refractivity contribution is -0.138. The molecular formula is C9H19N3O2. The molecular weight excluding hydrogens is 182 g/mol. The minimum Gasteiger partial charge on any atom is -0.480 e. The molecule has 0 radical (unpaired) electrons. The van der Waals surface area contributed by atoms with E-state index in [2.05, 4.69) is 0 Å². The van der Waals surface area contributed by atoms with Crippen molar-refractivity contribution in [3.8, 4) is 0 Å². The molecule has 14 heavy (non-hydrogen) atoms. The number of carboxylic acids is 1. The molecule has 0 amide bonds. The van der Waals surface area contributed by atoms with E-state index in [1.54, 1.807) is 0 Å². The van der Waals surface area contributed by atoms with E-state index in [0.29, 0.717) is 25.0 Å². The number of carbonyl (C=O) groups is 1. The van der Waals surface area contributed by atoms with Crippen LogP contribution in [0.25, 0.3) is 0 Å². The SMILES string of the molecule is CCC(N)C(=N)CCC[C@H](N)C(=O)O. The van der Waals surface area contributed by atoms with Crippen LogP contribution in [0.2, 0.25) is 0 Å². The summed E-state index contributed by atoms with van der Waals surface area (Å²) in [6, 6.07) is -1.02. The monoisotopic (exact) mass is 201 g/mol. The second-order valence-corrected chi connectivity index (χ2v) is 3.38. The van der Waals surface area contributed by atoms with Gasteiger partial charge >= 0.3 is 5.97 Å². The van der Waals surface area contributed by atoms with Crippen LogP contribution in [-0.2, 0) is 4.79 Å². The molecule has 0 fully saturated rings. The van der Waals surface area contributed by atoms with E-state index in [1.807, 2.05) is 6.92 Å². The van der Waals surface area contributed by atoms with Crippen molar-refractivity contribution < 1.29 is 9.90 Å². The normalized spacial score (nSPS) is 14.8. The zero-order valence-electron chi connectivity index (χ0n) is 8.49. The molecule has 0 aliphatic heterocycles. The first-order chi connectivity index (χ1) is 6.49. The lowest BCUT2D eigenvalue weighted by Gasteiger charge is -2.11. The van der Waals surface area contributed by atoms with Gasteiger partial charge in [-0.05, 0) is 25.7 Å². The number of nitrogens with two attached hydrogens (primary N) is 2. The molecule has 6 N–H and O–H groups in total. The molecule has 0 aromatic heterocycles. The Balaban J connectivity index is 3.64. The van der Waals surface area contributed by atoms with E-state index in [4.69, 9.17) is 22.0 Å². The summed E-state index contributed by atoms with van der Waals surface area (Å²) in [6.07, 6.45) is 2.29. The lowest BCUT2D eigenvalue weighted by atomic mass is 10.0. The Hall–Kier alpha value is -0.940. The van der Waals surface area contributed by atoms with Crippen LogP contribution >= 0.6 is 0 Å². The molecule has 0 heterocycles. The van der Waals surface area contributed by atoms with Gasteiger partial charge in [-0.15, -0.1) is 0 Å². The van der Waals surface area contributed by atoms with Gasteiger partial charge in [-0.2, -0.15) is 0 Å². The zero-order chi connectivity index (χ0) is 11.1. The van der Waals surface area contributed by atoms with Gasteiger partial charge in [0.05, 0.1) is 0 Å². The van der Waals surface area contributed by atoms with Gasteiger partial charge in [-0.25, -0.2) is 0 Å².